The second kappa shape index (κ2) is 8.43. The van der Waals surface area contributed by atoms with Crippen molar-refractivity contribution in [2.45, 2.75) is 19.3 Å². The highest BCUT2D eigenvalue weighted by Crippen LogP contribution is 2.40. The van der Waals surface area contributed by atoms with Gasteiger partial charge in [0.1, 0.15) is 11.6 Å². The van der Waals surface area contributed by atoms with Gasteiger partial charge in [0.15, 0.2) is 5.78 Å². The van der Waals surface area contributed by atoms with E-state index in [9.17, 15) is 14.4 Å². The van der Waals surface area contributed by atoms with Crippen LogP contribution in [0.15, 0.2) is 95.8 Å². The summed E-state index contributed by atoms with van der Waals surface area (Å²) in [5.41, 5.74) is 2.75. The predicted molar refractivity (Wildman–Crippen MR) is 128 cm³/mol. The molecule has 4 aromatic rings. The van der Waals surface area contributed by atoms with E-state index >= 15 is 0 Å². The molecule has 0 N–H and O–H groups in total. The van der Waals surface area contributed by atoms with Gasteiger partial charge in [-0.3, -0.25) is 19.0 Å². The highest BCUT2D eigenvalue weighted by Gasteiger charge is 2.39. The Morgan fingerprint density at radius 1 is 0.879 bits per heavy atom. The number of aromatic nitrogens is 2. The van der Waals surface area contributed by atoms with Crippen LogP contribution in [-0.4, -0.2) is 21.1 Å². The summed E-state index contributed by atoms with van der Waals surface area (Å²) < 4.78 is 1.56. The highest BCUT2D eigenvalue weighted by atomic mass is 16.2. The molecule has 0 bridgehead atoms. The molecule has 1 aromatic heterocycles. The minimum absolute atomic E-state index is 0.215. The zero-order chi connectivity index (χ0) is 22.9. The van der Waals surface area contributed by atoms with Gasteiger partial charge >= 0.3 is 0 Å². The van der Waals surface area contributed by atoms with E-state index in [0.29, 0.717) is 28.8 Å². The summed E-state index contributed by atoms with van der Waals surface area (Å²) in [6.45, 7) is 1.43. The van der Waals surface area contributed by atoms with Crippen molar-refractivity contribution >= 4 is 28.0 Å². The molecule has 2 atom stereocenters. The van der Waals surface area contributed by atoms with E-state index in [4.69, 9.17) is 4.98 Å². The molecular formula is C28H22N2O3. The van der Waals surface area contributed by atoms with Gasteiger partial charge in [0.25, 0.3) is 5.56 Å². The van der Waals surface area contributed by atoms with Crippen molar-refractivity contribution in [3.05, 3.63) is 113 Å². The van der Waals surface area contributed by atoms with Crippen LogP contribution in [0.5, 0.6) is 0 Å². The molecule has 5 nitrogen and oxygen atoms in total. The molecule has 162 valence electrons. The van der Waals surface area contributed by atoms with E-state index < -0.39 is 11.8 Å². The number of rotatable bonds is 4. The Labute approximate surface area is 191 Å². The van der Waals surface area contributed by atoms with Crippen molar-refractivity contribution in [1.82, 2.24) is 9.55 Å². The Hall–Kier alpha value is -4.12. The second-order valence-corrected chi connectivity index (χ2v) is 8.30. The minimum atomic E-state index is -0.888. The topological polar surface area (TPSA) is 69.0 Å². The Balaban J connectivity index is 1.78. The van der Waals surface area contributed by atoms with Gasteiger partial charge in [-0.1, -0.05) is 60.7 Å². The number of nitrogens with zero attached hydrogens (tertiary/aromatic N) is 2. The zero-order valence-electron chi connectivity index (χ0n) is 18.1. The lowest BCUT2D eigenvalue weighted by molar-refractivity contribution is -0.130. The van der Waals surface area contributed by atoms with E-state index in [1.807, 2.05) is 66.7 Å². The maximum absolute atomic E-state index is 13.6. The van der Waals surface area contributed by atoms with Crippen LogP contribution in [-0.2, 0) is 9.59 Å². The Bertz CT molecular complexity index is 1450. The molecule has 5 rings (SSSR count). The van der Waals surface area contributed by atoms with Gasteiger partial charge in [-0.15, -0.1) is 0 Å². The number of hydrogen-bond acceptors (Lipinski definition) is 4. The second-order valence-electron chi connectivity index (χ2n) is 8.30. The lowest BCUT2D eigenvalue weighted by Gasteiger charge is -2.30. The van der Waals surface area contributed by atoms with Gasteiger partial charge in [0.05, 0.1) is 22.5 Å². The monoisotopic (exact) mass is 434 g/mol. The summed E-state index contributed by atoms with van der Waals surface area (Å²) in [5, 5.41) is 0.491. The van der Waals surface area contributed by atoms with Crippen LogP contribution in [0.25, 0.3) is 22.2 Å². The maximum atomic E-state index is 13.6. The SMILES string of the molecule is CC(=O)C1C(=O)C=C(c2ccccc2)CC1c1nc2ccccc2c(=O)n1-c1ccccc1. The van der Waals surface area contributed by atoms with Gasteiger partial charge < -0.3 is 0 Å². The molecule has 5 heteroatoms. The molecule has 0 fully saturated rings. The number of carbonyl (C=O) groups excluding carboxylic acids is 2. The average Bonchev–Trinajstić information content (AvgIpc) is 2.84. The number of allylic oxidation sites excluding steroid dienone is 2. The molecule has 0 spiro atoms. The van der Waals surface area contributed by atoms with Crippen LogP contribution in [0, 0.1) is 5.92 Å². The van der Waals surface area contributed by atoms with E-state index in [-0.39, 0.29) is 17.1 Å². The molecule has 2 unspecified atom stereocenters. The first kappa shape index (κ1) is 20.8. The van der Waals surface area contributed by atoms with Gasteiger partial charge in [-0.05, 0) is 54.8 Å². The Morgan fingerprint density at radius 3 is 2.21 bits per heavy atom. The number of benzene rings is 3. The van der Waals surface area contributed by atoms with Crippen molar-refractivity contribution in [3.63, 3.8) is 0 Å². The number of fused-ring (bicyclic) bond motifs is 1. The quantitative estimate of drug-likeness (QED) is 0.436. The largest absolute Gasteiger partial charge is 0.299 e. The first-order valence-corrected chi connectivity index (χ1v) is 10.9. The number of Topliss-reactive ketones (excluding diaryl/α,β-unsaturated/α-hetero) is 1. The molecule has 0 amide bonds. The molecule has 1 heterocycles. The zero-order valence-corrected chi connectivity index (χ0v) is 18.1. The summed E-state index contributed by atoms with van der Waals surface area (Å²) in [6.07, 6.45) is 2.00. The fourth-order valence-corrected chi connectivity index (χ4v) is 4.68. The predicted octanol–water partition coefficient (Wildman–Crippen LogP) is 4.73. The van der Waals surface area contributed by atoms with Gasteiger partial charge in [-0.2, -0.15) is 0 Å². The van der Waals surface area contributed by atoms with Crippen molar-refractivity contribution in [2.24, 2.45) is 5.92 Å². The molecule has 1 aliphatic carbocycles. The lowest BCUT2D eigenvalue weighted by atomic mass is 9.74. The van der Waals surface area contributed by atoms with Gasteiger partial charge in [0, 0.05) is 5.92 Å². The lowest BCUT2D eigenvalue weighted by Crippen LogP contribution is -2.35. The molecular weight excluding hydrogens is 412 g/mol. The molecule has 0 aliphatic heterocycles. The van der Waals surface area contributed by atoms with Crippen LogP contribution in [0.3, 0.4) is 0 Å². The van der Waals surface area contributed by atoms with Crippen LogP contribution >= 0.6 is 0 Å². The molecule has 0 saturated carbocycles. The van der Waals surface area contributed by atoms with Crippen LogP contribution in [0.2, 0.25) is 0 Å². The smallest absolute Gasteiger partial charge is 0.265 e. The summed E-state index contributed by atoms with van der Waals surface area (Å²) in [7, 11) is 0. The van der Waals surface area contributed by atoms with Gasteiger partial charge in [0.2, 0.25) is 0 Å². The standard InChI is InChI=1S/C28H22N2O3/c1-18(31)26-23(16-20(17-25(26)32)19-10-4-2-5-11-19)27-29-24-15-9-8-14-22(24)28(33)30(27)21-12-6-3-7-13-21/h2-15,17,23,26H,16H2,1H3. The molecule has 0 radical (unpaired) electrons. The third-order valence-electron chi connectivity index (χ3n) is 6.20. The van der Waals surface area contributed by atoms with E-state index in [1.165, 1.54) is 6.92 Å². The van der Waals surface area contributed by atoms with Crippen molar-refractivity contribution in [1.29, 1.82) is 0 Å². The highest BCUT2D eigenvalue weighted by molar-refractivity contribution is 6.12. The fourth-order valence-electron chi connectivity index (χ4n) is 4.68. The first-order valence-electron chi connectivity index (χ1n) is 10.9. The summed E-state index contributed by atoms with van der Waals surface area (Å²) >= 11 is 0. The number of para-hydroxylation sites is 2. The van der Waals surface area contributed by atoms with E-state index in [0.717, 1.165) is 11.1 Å². The third kappa shape index (κ3) is 3.72. The first-order chi connectivity index (χ1) is 16.0. The van der Waals surface area contributed by atoms with Crippen molar-refractivity contribution in [2.75, 3.05) is 0 Å². The van der Waals surface area contributed by atoms with E-state index in [2.05, 4.69) is 0 Å². The van der Waals surface area contributed by atoms with Gasteiger partial charge in [-0.25, -0.2) is 4.98 Å². The Morgan fingerprint density at radius 2 is 1.52 bits per heavy atom. The third-order valence-corrected chi connectivity index (χ3v) is 6.20. The molecule has 1 aliphatic rings. The fraction of sp³-hybridized carbons (Fsp3) is 0.143. The van der Waals surface area contributed by atoms with Crippen LogP contribution in [0.1, 0.15) is 30.7 Å². The number of carbonyl (C=O) groups is 2. The maximum Gasteiger partial charge on any atom is 0.265 e. The molecule has 0 saturated heterocycles. The normalized spacial score (nSPS) is 18.2. The van der Waals surface area contributed by atoms with Crippen molar-refractivity contribution in [3.8, 4) is 5.69 Å². The molecule has 3 aromatic carbocycles. The average molecular weight is 434 g/mol. The van der Waals surface area contributed by atoms with Crippen LogP contribution < -0.4 is 5.56 Å². The van der Waals surface area contributed by atoms with E-state index in [1.54, 1.807) is 28.8 Å². The van der Waals surface area contributed by atoms with Crippen molar-refractivity contribution < 1.29 is 9.59 Å². The minimum Gasteiger partial charge on any atom is -0.299 e. The van der Waals surface area contributed by atoms with Crippen LogP contribution in [0.4, 0.5) is 0 Å². The number of ketones is 2. The molecule has 33 heavy (non-hydrogen) atoms. The summed E-state index contributed by atoms with van der Waals surface area (Å²) in [6, 6.07) is 26.1. The number of hydrogen-bond donors (Lipinski definition) is 0. The Kier molecular flexibility index (Phi) is 5.31. The summed E-state index contributed by atoms with van der Waals surface area (Å²) in [5.74, 6) is -1.50. The summed E-state index contributed by atoms with van der Waals surface area (Å²) in [4.78, 5) is 44.4.